The Bertz CT molecular complexity index is 574. The van der Waals surface area contributed by atoms with Gasteiger partial charge in [0, 0.05) is 17.8 Å². The molecule has 3 nitrogen and oxygen atoms in total. The van der Waals surface area contributed by atoms with Crippen molar-refractivity contribution in [3.05, 3.63) is 28.3 Å². The monoisotopic (exact) mass is 259 g/mol. The highest BCUT2D eigenvalue weighted by atomic mass is 32.1. The zero-order chi connectivity index (χ0) is 12.5. The topological polar surface area (TPSA) is 37.8 Å². The van der Waals surface area contributed by atoms with Gasteiger partial charge in [-0.1, -0.05) is 0 Å². The van der Waals surface area contributed by atoms with Gasteiger partial charge in [0.15, 0.2) is 5.82 Å². The Morgan fingerprint density at radius 3 is 2.94 bits per heavy atom. The van der Waals surface area contributed by atoms with Crippen LogP contribution in [0, 0.1) is 6.92 Å². The zero-order valence-corrected chi connectivity index (χ0v) is 11.6. The molecule has 1 N–H and O–H groups in total. The normalized spacial score (nSPS) is 13.7. The number of nitrogens with one attached hydrogen (secondary N) is 1. The lowest BCUT2D eigenvalue weighted by Gasteiger charge is -2.10. The lowest BCUT2D eigenvalue weighted by Crippen LogP contribution is -2.06. The van der Waals surface area contributed by atoms with E-state index in [9.17, 15) is 0 Å². The largest absolute Gasteiger partial charge is 0.370 e. The van der Waals surface area contributed by atoms with E-state index in [2.05, 4.69) is 30.6 Å². The molecule has 18 heavy (non-hydrogen) atoms. The van der Waals surface area contributed by atoms with Crippen LogP contribution in [0.4, 0.5) is 5.82 Å². The molecule has 1 aliphatic carbocycles. The SMILES string of the molecule is CCNc1nc(-c2sccc2C)nc2c1CCC2. The smallest absolute Gasteiger partial charge is 0.172 e. The van der Waals surface area contributed by atoms with Crippen molar-refractivity contribution in [2.75, 3.05) is 11.9 Å². The molecule has 2 heterocycles. The van der Waals surface area contributed by atoms with Crippen LogP contribution in [-0.2, 0) is 12.8 Å². The zero-order valence-electron chi connectivity index (χ0n) is 10.8. The number of anilines is 1. The van der Waals surface area contributed by atoms with Crippen molar-refractivity contribution in [3.8, 4) is 10.7 Å². The highest BCUT2D eigenvalue weighted by Crippen LogP contribution is 2.32. The molecule has 0 saturated heterocycles. The third-order valence-corrected chi connectivity index (χ3v) is 4.35. The number of thiophene rings is 1. The number of nitrogens with zero attached hydrogens (tertiary/aromatic N) is 2. The minimum Gasteiger partial charge on any atom is -0.370 e. The summed E-state index contributed by atoms with van der Waals surface area (Å²) in [5.41, 5.74) is 3.83. The van der Waals surface area contributed by atoms with Gasteiger partial charge in [-0.15, -0.1) is 11.3 Å². The lowest BCUT2D eigenvalue weighted by molar-refractivity contribution is 0.900. The molecule has 0 bridgehead atoms. The van der Waals surface area contributed by atoms with Gasteiger partial charge in [-0.3, -0.25) is 0 Å². The maximum absolute atomic E-state index is 4.76. The predicted molar refractivity (Wildman–Crippen MR) is 76.3 cm³/mol. The van der Waals surface area contributed by atoms with Gasteiger partial charge in [0.05, 0.1) is 4.88 Å². The van der Waals surface area contributed by atoms with Crippen molar-refractivity contribution in [2.24, 2.45) is 0 Å². The first-order chi connectivity index (χ1) is 8.79. The van der Waals surface area contributed by atoms with Crippen molar-refractivity contribution >= 4 is 17.2 Å². The molecule has 0 radical (unpaired) electrons. The fourth-order valence-electron chi connectivity index (χ4n) is 2.45. The van der Waals surface area contributed by atoms with Gasteiger partial charge >= 0.3 is 0 Å². The Kier molecular flexibility index (Phi) is 3.04. The average Bonchev–Trinajstić information content (AvgIpc) is 2.97. The van der Waals surface area contributed by atoms with Crippen LogP contribution in [0.1, 0.15) is 30.2 Å². The fraction of sp³-hybridized carbons (Fsp3) is 0.429. The molecule has 2 aromatic rings. The molecule has 0 aliphatic heterocycles. The van der Waals surface area contributed by atoms with Crippen molar-refractivity contribution in [1.82, 2.24) is 9.97 Å². The van der Waals surface area contributed by atoms with E-state index >= 15 is 0 Å². The summed E-state index contributed by atoms with van der Waals surface area (Å²) in [7, 11) is 0. The number of hydrogen-bond donors (Lipinski definition) is 1. The number of aryl methyl sites for hydroxylation is 2. The summed E-state index contributed by atoms with van der Waals surface area (Å²) >= 11 is 1.72. The molecule has 1 aliphatic rings. The Balaban J connectivity index is 2.12. The summed E-state index contributed by atoms with van der Waals surface area (Å²) in [6, 6.07) is 2.13. The molecule has 0 unspecified atom stereocenters. The number of rotatable bonds is 3. The van der Waals surface area contributed by atoms with E-state index in [1.807, 2.05) is 0 Å². The molecular formula is C14H17N3S. The van der Waals surface area contributed by atoms with Crippen molar-refractivity contribution in [2.45, 2.75) is 33.1 Å². The number of fused-ring (bicyclic) bond motifs is 1. The Morgan fingerprint density at radius 2 is 2.22 bits per heavy atom. The molecular weight excluding hydrogens is 242 g/mol. The maximum atomic E-state index is 4.76. The van der Waals surface area contributed by atoms with Crippen LogP contribution < -0.4 is 5.32 Å². The Morgan fingerprint density at radius 1 is 1.33 bits per heavy atom. The number of aromatic nitrogens is 2. The molecule has 2 aromatic heterocycles. The average molecular weight is 259 g/mol. The van der Waals surface area contributed by atoms with Gasteiger partial charge in [0.2, 0.25) is 0 Å². The van der Waals surface area contributed by atoms with Crippen LogP contribution in [0.15, 0.2) is 11.4 Å². The highest BCUT2D eigenvalue weighted by molar-refractivity contribution is 7.13. The molecule has 0 spiro atoms. The third-order valence-electron chi connectivity index (χ3n) is 3.34. The highest BCUT2D eigenvalue weighted by Gasteiger charge is 2.20. The third kappa shape index (κ3) is 1.90. The number of hydrogen-bond acceptors (Lipinski definition) is 4. The molecule has 0 aromatic carbocycles. The van der Waals surface area contributed by atoms with Gasteiger partial charge in [0.25, 0.3) is 0 Å². The second kappa shape index (κ2) is 4.69. The summed E-state index contributed by atoms with van der Waals surface area (Å²) in [4.78, 5) is 10.7. The quantitative estimate of drug-likeness (QED) is 0.917. The van der Waals surface area contributed by atoms with Crippen LogP contribution in [0.3, 0.4) is 0 Å². The summed E-state index contributed by atoms with van der Waals surface area (Å²) < 4.78 is 0. The van der Waals surface area contributed by atoms with E-state index in [0.717, 1.165) is 31.0 Å². The molecule has 0 atom stereocenters. The first-order valence-electron chi connectivity index (χ1n) is 6.47. The standard InChI is InChI=1S/C14H17N3S/c1-3-15-13-10-5-4-6-11(10)16-14(17-13)12-9(2)7-8-18-12/h7-8H,3-6H2,1-2H3,(H,15,16,17). The van der Waals surface area contributed by atoms with E-state index in [1.165, 1.54) is 28.1 Å². The van der Waals surface area contributed by atoms with Crippen LogP contribution in [-0.4, -0.2) is 16.5 Å². The summed E-state index contributed by atoms with van der Waals surface area (Å²) in [5.74, 6) is 1.93. The Labute approximate surface area is 111 Å². The Hall–Kier alpha value is -1.42. The summed E-state index contributed by atoms with van der Waals surface area (Å²) in [6.07, 6.45) is 3.41. The fourth-order valence-corrected chi connectivity index (χ4v) is 3.31. The summed E-state index contributed by atoms with van der Waals surface area (Å²) in [6.45, 7) is 5.14. The predicted octanol–water partition coefficient (Wildman–Crippen LogP) is 3.43. The maximum Gasteiger partial charge on any atom is 0.172 e. The van der Waals surface area contributed by atoms with E-state index in [4.69, 9.17) is 9.97 Å². The van der Waals surface area contributed by atoms with Gasteiger partial charge in [-0.25, -0.2) is 9.97 Å². The van der Waals surface area contributed by atoms with Crippen LogP contribution >= 0.6 is 11.3 Å². The van der Waals surface area contributed by atoms with Crippen molar-refractivity contribution in [3.63, 3.8) is 0 Å². The molecule has 0 amide bonds. The van der Waals surface area contributed by atoms with Gasteiger partial charge < -0.3 is 5.32 Å². The summed E-state index contributed by atoms with van der Waals surface area (Å²) in [5, 5.41) is 5.49. The second-order valence-corrected chi connectivity index (χ2v) is 5.55. The van der Waals surface area contributed by atoms with Gasteiger partial charge in [-0.2, -0.15) is 0 Å². The molecule has 0 saturated carbocycles. The van der Waals surface area contributed by atoms with E-state index in [0.29, 0.717) is 0 Å². The molecule has 4 heteroatoms. The minimum atomic E-state index is 0.888. The minimum absolute atomic E-state index is 0.888. The first kappa shape index (κ1) is 11.7. The van der Waals surface area contributed by atoms with Crippen LogP contribution in [0.5, 0.6) is 0 Å². The lowest BCUT2D eigenvalue weighted by atomic mass is 10.2. The van der Waals surface area contributed by atoms with E-state index < -0.39 is 0 Å². The van der Waals surface area contributed by atoms with Gasteiger partial charge in [-0.05, 0) is 50.1 Å². The van der Waals surface area contributed by atoms with E-state index in [-0.39, 0.29) is 0 Å². The molecule has 3 rings (SSSR count). The second-order valence-electron chi connectivity index (χ2n) is 4.64. The van der Waals surface area contributed by atoms with Gasteiger partial charge in [0.1, 0.15) is 5.82 Å². The molecule has 0 fully saturated rings. The first-order valence-corrected chi connectivity index (χ1v) is 7.35. The molecule has 94 valence electrons. The van der Waals surface area contributed by atoms with Crippen LogP contribution in [0.2, 0.25) is 0 Å². The van der Waals surface area contributed by atoms with Crippen LogP contribution in [0.25, 0.3) is 10.7 Å². The van der Waals surface area contributed by atoms with Crippen molar-refractivity contribution in [1.29, 1.82) is 0 Å². The van der Waals surface area contributed by atoms with Crippen molar-refractivity contribution < 1.29 is 0 Å². The van der Waals surface area contributed by atoms with E-state index in [1.54, 1.807) is 11.3 Å².